The maximum absolute atomic E-state index is 8.91. The summed E-state index contributed by atoms with van der Waals surface area (Å²) in [5.41, 5.74) is 7.48. The molecule has 1 aliphatic rings. The Labute approximate surface area is 120 Å². The molecule has 2 unspecified atom stereocenters. The molecular formula is C15H20ClN3. The SMILES string of the molecule is CN(c1ccc(C#N)c(Cl)c1)C1CCCCC1CN. The van der Waals surface area contributed by atoms with Gasteiger partial charge in [-0.2, -0.15) is 5.26 Å². The molecule has 0 spiro atoms. The zero-order valence-electron chi connectivity index (χ0n) is 11.3. The fourth-order valence-corrected chi connectivity index (χ4v) is 3.20. The minimum Gasteiger partial charge on any atom is -0.371 e. The molecule has 0 aromatic heterocycles. The van der Waals surface area contributed by atoms with Crippen LogP contribution in [0.4, 0.5) is 5.69 Å². The van der Waals surface area contributed by atoms with Gasteiger partial charge in [0.1, 0.15) is 6.07 Å². The number of hydrogen-bond acceptors (Lipinski definition) is 3. The van der Waals surface area contributed by atoms with Crippen LogP contribution < -0.4 is 10.6 Å². The van der Waals surface area contributed by atoms with Crippen LogP contribution in [0, 0.1) is 17.2 Å². The van der Waals surface area contributed by atoms with E-state index in [0.717, 1.165) is 12.2 Å². The first-order valence-corrected chi connectivity index (χ1v) is 7.17. The highest BCUT2D eigenvalue weighted by molar-refractivity contribution is 6.32. The van der Waals surface area contributed by atoms with Crippen molar-refractivity contribution < 1.29 is 0 Å². The van der Waals surface area contributed by atoms with Gasteiger partial charge in [-0.25, -0.2) is 0 Å². The lowest BCUT2D eigenvalue weighted by Crippen LogP contribution is -2.43. The number of benzene rings is 1. The number of nitriles is 1. The molecule has 1 aromatic rings. The van der Waals surface area contributed by atoms with Crippen LogP contribution in [0.2, 0.25) is 5.02 Å². The van der Waals surface area contributed by atoms with Crippen molar-refractivity contribution in [3.63, 3.8) is 0 Å². The zero-order chi connectivity index (χ0) is 13.8. The highest BCUT2D eigenvalue weighted by Gasteiger charge is 2.27. The van der Waals surface area contributed by atoms with Crippen LogP contribution in [0.1, 0.15) is 31.2 Å². The van der Waals surface area contributed by atoms with Gasteiger partial charge in [0.25, 0.3) is 0 Å². The van der Waals surface area contributed by atoms with E-state index in [2.05, 4.69) is 18.0 Å². The molecule has 0 aliphatic heterocycles. The normalized spacial score (nSPS) is 22.8. The molecule has 0 amide bonds. The fourth-order valence-electron chi connectivity index (χ4n) is 2.98. The highest BCUT2D eigenvalue weighted by Crippen LogP contribution is 2.31. The molecule has 1 fully saturated rings. The summed E-state index contributed by atoms with van der Waals surface area (Å²) >= 11 is 6.11. The molecule has 0 heterocycles. The monoisotopic (exact) mass is 277 g/mol. The van der Waals surface area contributed by atoms with Crippen molar-refractivity contribution in [3.8, 4) is 6.07 Å². The van der Waals surface area contributed by atoms with Crippen LogP contribution in [0.25, 0.3) is 0 Å². The minimum absolute atomic E-state index is 0.475. The maximum atomic E-state index is 8.91. The second-order valence-electron chi connectivity index (χ2n) is 5.23. The van der Waals surface area contributed by atoms with Gasteiger partial charge in [0, 0.05) is 18.8 Å². The third-order valence-electron chi connectivity index (χ3n) is 4.15. The molecule has 2 N–H and O–H groups in total. The van der Waals surface area contributed by atoms with Crippen LogP contribution in [-0.4, -0.2) is 19.6 Å². The van der Waals surface area contributed by atoms with Gasteiger partial charge in [-0.1, -0.05) is 24.4 Å². The summed E-state index contributed by atoms with van der Waals surface area (Å²) in [4.78, 5) is 2.27. The maximum Gasteiger partial charge on any atom is 0.101 e. The van der Waals surface area contributed by atoms with E-state index in [1.54, 1.807) is 6.07 Å². The first-order valence-electron chi connectivity index (χ1n) is 6.80. The highest BCUT2D eigenvalue weighted by atomic mass is 35.5. The summed E-state index contributed by atoms with van der Waals surface area (Å²) in [6.07, 6.45) is 4.92. The first kappa shape index (κ1) is 14.2. The summed E-state index contributed by atoms with van der Waals surface area (Å²) in [6, 6.07) is 8.19. The largest absolute Gasteiger partial charge is 0.371 e. The van der Waals surface area contributed by atoms with Gasteiger partial charge in [0.15, 0.2) is 0 Å². The molecular weight excluding hydrogens is 258 g/mol. The van der Waals surface area contributed by atoms with Gasteiger partial charge >= 0.3 is 0 Å². The minimum atomic E-state index is 0.475. The number of nitrogens with two attached hydrogens (primary N) is 1. The molecule has 1 aliphatic carbocycles. The number of anilines is 1. The second kappa shape index (κ2) is 6.27. The summed E-state index contributed by atoms with van der Waals surface area (Å²) < 4.78 is 0. The van der Waals surface area contributed by atoms with Crippen molar-refractivity contribution in [1.82, 2.24) is 0 Å². The Morgan fingerprint density at radius 2 is 2.16 bits per heavy atom. The van der Waals surface area contributed by atoms with Gasteiger partial charge in [-0.05, 0) is 43.5 Å². The number of halogens is 1. The molecule has 19 heavy (non-hydrogen) atoms. The van der Waals surface area contributed by atoms with Crippen LogP contribution in [0.5, 0.6) is 0 Å². The summed E-state index contributed by atoms with van der Waals surface area (Å²) in [5.74, 6) is 0.549. The molecule has 102 valence electrons. The number of nitrogens with zero attached hydrogens (tertiary/aromatic N) is 2. The fraction of sp³-hybridized carbons (Fsp3) is 0.533. The van der Waals surface area contributed by atoms with Crippen molar-refractivity contribution in [3.05, 3.63) is 28.8 Å². The summed E-state index contributed by atoms with van der Waals surface area (Å²) in [7, 11) is 2.09. The van der Waals surface area contributed by atoms with E-state index in [1.807, 2.05) is 12.1 Å². The van der Waals surface area contributed by atoms with Crippen molar-refractivity contribution in [2.24, 2.45) is 11.7 Å². The third-order valence-corrected chi connectivity index (χ3v) is 4.46. The van der Waals surface area contributed by atoms with Gasteiger partial charge in [0.05, 0.1) is 10.6 Å². The van der Waals surface area contributed by atoms with Crippen molar-refractivity contribution in [1.29, 1.82) is 5.26 Å². The molecule has 4 heteroatoms. The van der Waals surface area contributed by atoms with Crippen molar-refractivity contribution in [2.45, 2.75) is 31.7 Å². The summed E-state index contributed by atoms with van der Waals surface area (Å²) in [5, 5.41) is 9.43. The van der Waals surface area contributed by atoms with E-state index in [4.69, 9.17) is 22.6 Å². The van der Waals surface area contributed by atoms with Crippen molar-refractivity contribution in [2.75, 3.05) is 18.5 Å². The molecule has 2 atom stereocenters. The molecule has 3 nitrogen and oxygen atoms in total. The van der Waals surface area contributed by atoms with Gasteiger partial charge in [-0.3, -0.25) is 0 Å². The van der Waals surface area contributed by atoms with Crippen LogP contribution in [-0.2, 0) is 0 Å². The average molecular weight is 278 g/mol. The molecule has 0 bridgehead atoms. The Balaban J connectivity index is 2.20. The quantitative estimate of drug-likeness (QED) is 0.923. The van der Waals surface area contributed by atoms with E-state index >= 15 is 0 Å². The van der Waals surface area contributed by atoms with E-state index < -0.39 is 0 Å². The van der Waals surface area contributed by atoms with E-state index in [-0.39, 0.29) is 0 Å². The van der Waals surface area contributed by atoms with E-state index in [9.17, 15) is 0 Å². The Morgan fingerprint density at radius 1 is 1.42 bits per heavy atom. The number of hydrogen-bond donors (Lipinski definition) is 1. The van der Waals surface area contributed by atoms with Crippen molar-refractivity contribution >= 4 is 17.3 Å². The molecule has 2 rings (SSSR count). The van der Waals surface area contributed by atoms with E-state index in [1.165, 1.54) is 25.7 Å². The lowest BCUT2D eigenvalue weighted by atomic mass is 9.83. The van der Waals surface area contributed by atoms with Crippen LogP contribution in [0.3, 0.4) is 0 Å². The Kier molecular flexibility index (Phi) is 4.68. The Hall–Kier alpha value is -1.24. The zero-order valence-corrected chi connectivity index (χ0v) is 12.0. The predicted octanol–water partition coefficient (Wildman–Crippen LogP) is 3.17. The van der Waals surface area contributed by atoms with Gasteiger partial charge in [0.2, 0.25) is 0 Å². The Morgan fingerprint density at radius 3 is 2.79 bits per heavy atom. The lowest BCUT2D eigenvalue weighted by molar-refractivity contribution is 0.306. The smallest absolute Gasteiger partial charge is 0.101 e. The topological polar surface area (TPSA) is 53.0 Å². The summed E-state index contributed by atoms with van der Waals surface area (Å²) in [6.45, 7) is 0.735. The average Bonchev–Trinajstić information content (AvgIpc) is 2.46. The molecule has 0 radical (unpaired) electrons. The number of rotatable bonds is 3. The second-order valence-corrected chi connectivity index (χ2v) is 5.64. The first-order chi connectivity index (χ1) is 9.17. The molecule has 1 saturated carbocycles. The molecule has 1 aromatic carbocycles. The molecule has 0 saturated heterocycles. The third kappa shape index (κ3) is 3.02. The lowest BCUT2D eigenvalue weighted by Gasteiger charge is -2.39. The predicted molar refractivity (Wildman–Crippen MR) is 79.4 cm³/mol. The van der Waals surface area contributed by atoms with Gasteiger partial charge < -0.3 is 10.6 Å². The standard InChI is InChI=1S/C15H20ClN3/c1-19(15-5-3-2-4-12(15)10-18)13-7-6-11(9-17)14(16)8-13/h6-8,12,15H,2-5,10,18H2,1H3. The van der Waals surface area contributed by atoms with E-state index in [0.29, 0.717) is 22.5 Å². The Bertz CT molecular complexity index is 481. The van der Waals surface area contributed by atoms with Crippen LogP contribution in [0.15, 0.2) is 18.2 Å². The van der Waals surface area contributed by atoms with Crippen LogP contribution >= 0.6 is 11.6 Å². The van der Waals surface area contributed by atoms with Gasteiger partial charge in [-0.15, -0.1) is 0 Å².